The van der Waals surface area contributed by atoms with Crippen LogP contribution in [0.15, 0.2) is 76.5 Å². The number of fused-ring (bicyclic) bond motifs is 2. The van der Waals surface area contributed by atoms with E-state index in [1.165, 1.54) is 78.6 Å². The van der Waals surface area contributed by atoms with E-state index in [2.05, 4.69) is 0 Å². The van der Waals surface area contributed by atoms with Gasteiger partial charge in [-0.1, -0.05) is 24.3 Å². The normalized spacial score (nSPS) is 14.2. The van der Waals surface area contributed by atoms with Crippen molar-refractivity contribution in [2.24, 2.45) is 0 Å². The second-order valence-corrected chi connectivity index (χ2v) is 10.2. The first-order valence-electron chi connectivity index (χ1n) is 11.0. The van der Waals surface area contributed by atoms with Gasteiger partial charge >= 0.3 is 0 Å². The van der Waals surface area contributed by atoms with E-state index < -0.39 is 33.8 Å². The molecule has 188 valence electrons. The largest absolute Gasteiger partial charge is 0.354 e. The maximum atomic E-state index is 13.7. The van der Waals surface area contributed by atoms with Gasteiger partial charge in [0.05, 0.1) is 34.1 Å². The van der Waals surface area contributed by atoms with Crippen molar-refractivity contribution in [1.82, 2.24) is 4.90 Å². The van der Waals surface area contributed by atoms with Gasteiger partial charge in [-0.2, -0.15) is 0 Å². The Morgan fingerprint density at radius 2 is 1.67 bits per heavy atom. The van der Waals surface area contributed by atoms with Crippen LogP contribution in [0.25, 0.3) is 0 Å². The molecule has 4 rings (SSSR count). The Kier molecular flexibility index (Phi) is 7.21. The summed E-state index contributed by atoms with van der Waals surface area (Å²) in [4.78, 5) is 29.3. The van der Waals surface area contributed by atoms with Crippen LogP contribution in [0.1, 0.15) is 26.3 Å². The van der Waals surface area contributed by atoms with Gasteiger partial charge in [-0.05, 0) is 48.0 Å². The quantitative estimate of drug-likeness (QED) is 0.450. The first-order chi connectivity index (χ1) is 17.2. The first-order valence-corrected chi connectivity index (χ1v) is 12.5. The highest BCUT2D eigenvalue weighted by molar-refractivity contribution is 7.91. The molecular formula is C26H25FN2O6S. The van der Waals surface area contributed by atoms with Gasteiger partial charge in [-0.15, -0.1) is 0 Å². The van der Waals surface area contributed by atoms with E-state index in [-0.39, 0.29) is 39.7 Å². The topological polar surface area (TPSA) is 93.2 Å². The van der Waals surface area contributed by atoms with Crippen molar-refractivity contribution in [2.75, 3.05) is 32.7 Å². The van der Waals surface area contributed by atoms with Gasteiger partial charge in [0.25, 0.3) is 11.8 Å². The molecule has 1 aliphatic heterocycles. The van der Waals surface area contributed by atoms with Crippen molar-refractivity contribution in [3.8, 4) is 0 Å². The van der Waals surface area contributed by atoms with Crippen LogP contribution in [0.5, 0.6) is 0 Å². The summed E-state index contributed by atoms with van der Waals surface area (Å²) in [6.07, 6.45) is -0.647. The fourth-order valence-corrected chi connectivity index (χ4v) is 5.67. The van der Waals surface area contributed by atoms with Crippen molar-refractivity contribution in [3.05, 3.63) is 89.2 Å². The molecule has 0 fully saturated rings. The summed E-state index contributed by atoms with van der Waals surface area (Å²) in [5.41, 5.74) is 0.850. The molecule has 0 bridgehead atoms. The monoisotopic (exact) mass is 512 g/mol. The third-order valence-electron chi connectivity index (χ3n) is 5.99. The fraction of sp³-hybridized carbons (Fsp3) is 0.231. The minimum atomic E-state index is -4.08. The van der Waals surface area contributed by atoms with Crippen LogP contribution < -0.4 is 4.90 Å². The molecule has 0 saturated carbocycles. The minimum absolute atomic E-state index is 0.0174. The molecule has 0 atom stereocenters. The molecular weight excluding hydrogens is 487 g/mol. The van der Waals surface area contributed by atoms with E-state index in [4.69, 9.17) is 9.47 Å². The molecule has 2 amide bonds. The van der Waals surface area contributed by atoms with E-state index in [1.807, 2.05) is 0 Å². The fourth-order valence-electron chi connectivity index (χ4n) is 4.04. The Morgan fingerprint density at radius 3 is 2.33 bits per heavy atom. The van der Waals surface area contributed by atoms with Gasteiger partial charge in [0.1, 0.15) is 5.82 Å². The summed E-state index contributed by atoms with van der Waals surface area (Å²) in [7, 11) is 0.392. The molecule has 3 aromatic rings. The summed E-state index contributed by atoms with van der Waals surface area (Å²) < 4.78 is 51.0. The molecule has 0 unspecified atom stereocenters. The van der Waals surface area contributed by atoms with E-state index in [1.54, 1.807) is 19.2 Å². The van der Waals surface area contributed by atoms with Crippen LogP contribution in [-0.4, -0.2) is 59.2 Å². The van der Waals surface area contributed by atoms with E-state index in [9.17, 15) is 22.4 Å². The summed E-state index contributed by atoms with van der Waals surface area (Å²) in [5, 5.41) is 0. The molecule has 1 aliphatic rings. The zero-order valence-corrected chi connectivity index (χ0v) is 20.8. The number of benzene rings is 3. The van der Waals surface area contributed by atoms with Gasteiger partial charge in [0.15, 0.2) is 6.29 Å². The van der Waals surface area contributed by atoms with Crippen LogP contribution in [0.4, 0.5) is 10.1 Å². The summed E-state index contributed by atoms with van der Waals surface area (Å²) in [6.45, 7) is 0.101. The lowest BCUT2D eigenvalue weighted by Gasteiger charge is -2.25. The number of methoxy groups -OCH3 is 2. The third kappa shape index (κ3) is 4.75. The molecule has 1 heterocycles. The second-order valence-electron chi connectivity index (χ2n) is 8.29. The molecule has 0 aromatic heterocycles. The number of hydrogen-bond acceptors (Lipinski definition) is 6. The third-order valence-corrected chi connectivity index (χ3v) is 7.85. The number of halogens is 1. The lowest BCUT2D eigenvalue weighted by Crippen LogP contribution is -2.36. The van der Waals surface area contributed by atoms with Crippen molar-refractivity contribution < 1.29 is 31.9 Å². The van der Waals surface area contributed by atoms with E-state index in [0.29, 0.717) is 5.56 Å². The lowest BCUT2D eigenvalue weighted by molar-refractivity contribution is -0.110. The number of carbonyl (C=O) groups is 2. The number of ether oxygens (including phenoxy) is 2. The summed E-state index contributed by atoms with van der Waals surface area (Å²) >= 11 is 0. The number of likely N-dealkylation sites (N-methyl/N-ethyl adjacent to an activating group) is 1. The molecule has 8 nitrogen and oxygen atoms in total. The highest BCUT2D eigenvalue weighted by Gasteiger charge is 2.36. The number of anilines is 1. The van der Waals surface area contributed by atoms with Gasteiger partial charge < -0.3 is 19.3 Å². The van der Waals surface area contributed by atoms with Crippen LogP contribution >= 0.6 is 0 Å². The molecule has 3 aromatic carbocycles. The molecule has 0 saturated heterocycles. The number of amides is 2. The highest BCUT2D eigenvalue weighted by Crippen LogP contribution is 2.38. The lowest BCUT2D eigenvalue weighted by atomic mass is 10.1. The van der Waals surface area contributed by atoms with Crippen molar-refractivity contribution in [3.63, 3.8) is 0 Å². The zero-order chi connectivity index (χ0) is 26.0. The number of rotatable bonds is 7. The SMILES string of the molecule is COC(CN(C)C(=O)c1ccc2c(c1)N(Cc1ccc(F)cc1)C(=O)c1ccccc1S2(=O)=O)OC. The average molecular weight is 513 g/mol. The Balaban J connectivity index is 1.84. The van der Waals surface area contributed by atoms with Crippen molar-refractivity contribution in [2.45, 2.75) is 22.6 Å². The zero-order valence-electron chi connectivity index (χ0n) is 20.0. The van der Waals surface area contributed by atoms with Crippen LogP contribution in [0.3, 0.4) is 0 Å². The number of nitrogens with zero attached hydrogens (tertiary/aromatic N) is 2. The average Bonchev–Trinajstić information content (AvgIpc) is 2.95. The maximum Gasteiger partial charge on any atom is 0.259 e. The molecule has 0 spiro atoms. The van der Waals surface area contributed by atoms with Crippen molar-refractivity contribution in [1.29, 1.82) is 0 Å². The first kappa shape index (κ1) is 25.5. The smallest absolute Gasteiger partial charge is 0.259 e. The molecule has 36 heavy (non-hydrogen) atoms. The van der Waals surface area contributed by atoms with E-state index >= 15 is 0 Å². The summed E-state index contributed by atoms with van der Waals surface area (Å²) in [6, 6.07) is 15.7. The van der Waals surface area contributed by atoms with E-state index in [0.717, 1.165) is 0 Å². The number of sulfone groups is 1. The van der Waals surface area contributed by atoms with Gasteiger partial charge in [-0.3, -0.25) is 9.59 Å². The number of hydrogen-bond donors (Lipinski definition) is 0. The molecule has 0 N–H and O–H groups in total. The molecule has 10 heteroatoms. The predicted molar refractivity (Wildman–Crippen MR) is 130 cm³/mol. The Hall–Kier alpha value is -3.60. The van der Waals surface area contributed by atoms with Crippen LogP contribution in [0, 0.1) is 5.82 Å². The van der Waals surface area contributed by atoms with Crippen LogP contribution in [0.2, 0.25) is 0 Å². The Labute approximate surface area is 208 Å². The second kappa shape index (κ2) is 10.2. The number of carbonyl (C=O) groups excluding carboxylic acids is 2. The standard InChI is InChI=1S/C26H25FN2O6S/c1-28(16-24(34-2)35-3)25(30)18-10-13-23-21(14-18)29(15-17-8-11-19(27)12-9-17)26(31)20-6-4-5-7-22(20)36(23,32)33/h4-14,24H,15-16H2,1-3H3. The van der Waals surface area contributed by atoms with Gasteiger partial charge in [0.2, 0.25) is 9.84 Å². The maximum absolute atomic E-state index is 13.7. The molecule has 0 aliphatic carbocycles. The highest BCUT2D eigenvalue weighted by atomic mass is 32.2. The predicted octanol–water partition coefficient (Wildman–Crippen LogP) is 3.51. The molecule has 0 radical (unpaired) electrons. The van der Waals surface area contributed by atoms with Crippen molar-refractivity contribution >= 4 is 27.3 Å². The Bertz CT molecular complexity index is 1400. The van der Waals surface area contributed by atoms with Gasteiger partial charge in [-0.25, -0.2) is 12.8 Å². The Morgan fingerprint density at radius 1 is 1.00 bits per heavy atom. The summed E-state index contributed by atoms with van der Waals surface area (Å²) in [5.74, 6) is -1.39. The van der Waals surface area contributed by atoms with Crippen LogP contribution in [-0.2, 0) is 25.9 Å². The minimum Gasteiger partial charge on any atom is -0.354 e. The van der Waals surface area contributed by atoms with Gasteiger partial charge in [0, 0.05) is 26.8 Å².